The molecule has 2 fully saturated rings. The Morgan fingerprint density at radius 3 is 2.70 bits per heavy atom. The van der Waals surface area contributed by atoms with Crippen LogP contribution in [-0.2, 0) is 4.79 Å². The highest BCUT2D eigenvalue weighted by molar-refractivity contribution is 8.13. The molecule has 1 aromatic carbocycles. The summed E-state index contributed by atoms with van der Waals surface area (Å²) < 4.78 is 0. The molecule has 1 saturated heterocycles. The topological polar surface area (TPSA) is 49.4 Å². The van der Waals surface area contributed by atoms with Crippen molar-refractivity contribution >= 4 is 22.9 Å². The van der Waals surface area contributed by atoms with Crippen LogP contribution in [0.5, 0.6) is 0 Å². The smallest absolute Gasteiger partial charge is 0.282 e. The molecule has 1 aliphatic carbocycles. The zero-order valence-corrected chi connectivity index (χ0v) is 12.1. The van der Waals surface area contributed by atoms with Gasteiger partial charge in [-0.15, -0.1) is 0 Å². The van der Waals surface area contributed by atoms with Crippen molar-refractivity contribution in [2.75, 3.05) is 18.8 Å². The van der Waals surface area contributed by atoms with E-state index in [1.165, 1.54) is 24.6 Å². The monoisotopic (exact) mass is 290 g/mol. The third kappa shape index (κ3) is 3.15. The molecule has 1 aromatic rings. The van der Waals surface area contributed by atoms with Gasteiger partial charge in [0, 0.05) is 12.3 Å². The normalized spacial score (nSPS) is 20.0. The highest BCUT2D eigenvalue weighted by Crippen LogP contribution is 2.40. The van der Waals surface area contributed by atoms with Crippen LogP contribution in [0, 0.1) is 5.92 Å². The number of benzene rings is 1. The summed E-state index contributed by atoms with van der Waals surface area (Å²) in [5.41, 5.74) is 1.16. The lowest BCUT2D eigenvalue weighted by Gasteiger charge is -2.21. The Labute approximate surface area is 122 Å². The van der Waals surface area contributed by atoms with E-state index in [2.05, 4.69) is 17.4 Å². The molecule has 1 aliphatic heterocycles. The van der Waals surface area contributed by atoms with Crippen LogP contribution in [0.2, 0.25) is 0 Å². The standard InChI is InChI=1S/C15H18N2O2S/c18-13(10-17-8-9-20-15(17)19)16-14(12-6-7-12)11-4-2-1-3-5-11/h1-5,12,14H,6-10H2,(H,16,18). The van der Waals surface area contributed by atoms with Gasteiger partial charge in [-0.25, -0.2) is 0 Å². The lowest BCUT2D eigenvalue weighted by Crippen LogP contribution is -2.39. The van der Waals surface area contributed by atoms with Crippen LogP contribution in [0.15, 0.2) is 30.3 Å². The van der Waals surface area contributed by atoms with Gasteiger partial charge in [0.1, 0.15) is 6.54 Å². The van der Waals surface area contributed by atoms with E-state index in [9.17, 15) is 9.59 Å². The second-order valence-corrected chi connectivity index (χ2v) is 6.38. The summed E-state index contributed by atoms with van der Waals surface area (Å²) in [6.07, 6.45) is 2.33. The number of hydrogen-bond donors (Lipinski definition) is 1. The number of amides is 2. The van der Waals surface area contributed by atoms with E-state index >= 15 is 0 Å². The summed E-state index contributed by atoms with van der Waals surface area (Å²) in [6, 6.07) is 10.2. The maximum absolute atomic E-state index is 12.1. The highest BCUT2D eigenvalue weighted by atomic mass is 32.2. The van der Waals surface area contributed by atoms with Gasteiger partial charge in [0.25, 0.3) is 5.24 Å². The Morgan fingerprint density at radius 1 is 1.35 bits per heavy atom. The zero-order chi connectivity index (χ0) is 13.9. The van der Waals surface area contributed by atoms with Gasteiger partial charge in [0.05, 0.1) is 6.04 Å². The van der Waals surface area contributed by atoms with Crippen LogP contribution >= 0.6 is 11.8 Å². The Morgan fingerprint density at radius 2 is 2.10 bits per heavy atom. The van der Waals surface area contributed by atoms with E-state index in [-0.39, 0.29) is 23.7 Å². The maximum Gasteiger partial charge on any atom is 0.282 e. The van der Waals surface area contributed by atoms with Crippen LogP contribution in [0.3, 0.4) is 0 Å². The Bertz CT molecular complexity index is 502. The van der Waals surface area contributed by atoms with Crippen LogP contribution < -0.4 is 5.32 Å². The van der Waals surface area contributed by atoms with Gasteiger partial charge >= 0.3 is 0 Å². The molecule has 4 nitrogen and oxygen atoms in total. The molecule has 0 bridgehead atoms. The van der Waals surface area contributed by atoms with Crippen molar-refractivity contribution in [3.63, 3.8) is 0 Å². The molecule has 20 heavy (non-hydrogen) atoms. The van der Waals surface area contributed by atoms with Crippen molar-refractivity contribution < 1.29 is 9.59 Å². The van der Waals surface area contributed by atoms with Crippen LogP contribution in [-0.4, -0.2) is 34.9 Å². The van der Waals surface area contributed by atoms with Crippen LogP contribution in [0.4, 0.5) is 4.79 Å². The van der Waals surface area contributed by atoms with Gasteiger partial charge in [0.2, 0.25) is 5.91 Å². The Kier molecular flexibility index (Phi) is 3.96. The molecule has 0 aromatic heterocycles. The van der Waals surface area contributed by atoms with Crippen LogP contribution in [0.25, 0.3) is 0 Å². The first-order chi connectivity index (χ1) is 9.74. The van der Waals surface area contributed by atoms with Gasteiger partial charge in [-0.05, 0) is 24.3 Å². The number of nitrogens with zero attached hydrogens (tertiary/aromatic N) is 1. The predicted octanol–water partition coefficient (Wildman–Crippen LogP) is 2.42. The minimum absolute atomic E-state index is 0.0165. The van der Waals surface area contributed by atoms with Crippen molar-refractivity contribution in [2.24, 2.45) is 5.92 Å². The van der Waals surface area contributed by atoms with Crippen molar-refractivity contribution in [2.45, 2.75) is 18.9 Å². The molecule has 2 amide bonds. The quantitative estimate of drug-likeness (QED) is 0.906. The van der Waals surface area contributed by atoms with Crippen LogP contribution in [0.1, 0.15) is 24.4 Å². The first kappa shape index (κ1) is 13.5. The molecule has 5 heteroatoms. The highest BCUT2D eigenvalue weighted by Gasteiger charge is 2.34. The zero-order valence-electron chi connectivity index (χ0n) is 11.2. The fourth-order valence-corrected chi connectivity index (χ4v) is 3.35. The molecule has 0 radical (unpaired) electrons. The average molecular weight is 290 g/mol. The first-order valence-electron chi connectivity index (χ1n) is 7.00. The van der Waals surface area contributed by atoms with Gasteiger partial charge in [-0.1, -0.05) is 42.1 Å². The second kappa shape index (κ2) is 5.87. The largest absolute Gasteiger partial charge is 0.347 e. The van der Waals surface area contributed by atoms with E-state index in [4.69, 9.17) is 0 Å². The van der Waals surface area contributed by atoms with Gasteiger partial charge < -0.3 is 10.2 Å². The molecular weight excluding hydrogens is 272 g/mol. The fourth-order valence-electron chi connectivity index (χ4n) is 2.53. The van der Waals surface area contributed by atoms with E-state index < -0.39 is 0 Å². The molecule has 1 N–H and O–H groups in total. The number of hydrogen-bond acceptors (Lipinski definition) is 3. The fraction of sp³-hybridized carbons (Fsp3) is 0.467. The van der Waals surface area contributed by atoms with Gasteiger partial charge in [0.15, 0.2) is 0 Å². The van der Waals surface area contributed by atoms with Gasteiger partial charge in [-0.2, -0.15) is 0 Å². The lowest BCUT2D eigenvalue weighted by molar-refractivity contribution is -0.122. The Balaban J connectivity index is 1.62. The Hall–Kier alpha value is -1.49. The number of carbonyl (C=O) groups excluding carboxylic acids is 2. The summed E-state index contributed by atoms with van der Waals surface area (Å²) >= 11 is 1.29. The predicted molar refractivity (Wildman–Crippen MR) is 79.5 cm³/mol. The molecule has 3 rings (SSSR count). The minimum Gasteiger partial charge on any atom is -0.347 e. The van der Waals surface area contributed by atoms with E-state index in [1.54, 1.807) is 4.90 Å². The molecule has 1 atom stereocenters. The minimum atomic E-state index is -0.0541. The summed E-state index contributed by atoms with van der Waals surface area (Å²) in [4.78, 5) is 25.3. The van der Waals surface area contributed by atoms with Crippen molar-refractivity contribution in [3.05, 3.63) is 35.9 Å². The third-order valence-electron chi connectivity index (χ3n) is 3.75. The van der Waals surface area contributed by atoms with Crippen molar-refractivity contribution in [1.29, 1.82) is 0 Å². The number of nitrogens with one attached hydrogen (secondary N) is 1. The number of rotatable bonds is 5. The number of carbonyl (C=O) groups is 2. The summed E-state index contributed by atoms with van der Waals surface area (Å²) in [6.45, 7) is 0.859. The summed E-state index contributed by atoms with van der Waals surface area (Å²) in [7, 11) is 0. The molecule has 1 saturated carbocycles. The third-order valence-corrected chi connectivity index (χ3v) is 4.64. The molecule has 2 aliphatic rings. The SMILES string of the molecule is O=C(CN1CCSC1=O)NC(c1ccccc1)C1CC1. The van der Waals surface area contributed by atoms with E-state index in [1.807, 2.05) is 18.2 Å². The second-order valence-electron chi connectivity index (χ2n) is 5.33. The molecular formula is C15H18N2O2S. The lowest BCUT2D eigenvalue weighted by atomic mass is 10.0. The maximum atomic E-state index is 12.1. The van der Waals surface area contributed by atoms with E-state index in [0.29, 0.717) is 12.5 Å². The average Bonchev–Trinajstić information content (AvgIpc) is 3.22. The summed E-state index contributed by atoms with van der Waals surface area (Å²) in [5, 5.41) is 3.12. The molecule has 0 spiro atoms. The van der Waals surface area contributed by atoms with Gasteiger partial charge in [-0.3, -0.25) is 9.59 Å². The summed E-state index contributed by atoms with van der Waals surface area (Å²) in [5.74, 6) is 1.28. The van der Waals surface area contributed by atoms with Crippen molar-refractivity contribution in [1.82, 2.24) is 10.2 Å². The first-order valence-corrected chi connectivity index (χ1v) is 7.98. The number of thioether (sulfide) groups is 1. The molecule has 1 heterocycles. The van der Waals surface area contributed by atoms with E-state index in [0.717, 1.165) is 11.3 Å². The molecule has 1 unspecified atom stereocenters. The van der Waals surface area contributed by atoms with Crippen molar-refractivity contribution in [3.8, 4) is 0 Å². The molecule has 106 valence electrons.